The number of aliphatic hydroxyl groups excluding tert-OH is 1. The highest BCUT2D eigenvalue weighted by Crippen LogP contribution is 2.37. The fourth-order valence-electron chi connectivity index (χ4n) is 4.45. The van der Waals surface area contributed by atoms with Crippen molar-refractivity contribution in [2.45, 2.75) is 58.1 Å². The van der Waals surface area contributed by atoms with Gasteiger partial charge in [-0.3, -0.25) is 0 Å². The molecule has 30 heavy (non-hydrogen) atoms. The standard InChI is InChI=1S/C24H29N5O/c1-24(2)13-20(7-8-21(24)30)28-22-19(14-25)15-27-23(29-22)26-10-9-16-11-17-5-3-4-6-18(17)12-16/h3-6,11,15,20-21,30H,7-10,12-13H2,1-2H3,(H2,26,27,28,29)/t20-,21+/m1/s1. The molecule has 2 atom stereocenters. The second-order valence-electron chi connectivity index (χ2n) is 9.05. The number of nitrogens with zero attached hydrogens (tertiary/aromatic N) is 3. The van der Waals surface area contributed by atoms with Crippen molar-refractivity contribution in [3.63, 3.8) is 0 Å². The van der Waals surface area contributed by atoms with Gasteiger partial charge in [0.25, 0.3) is 0 Å². The highest BCUT2D eigenvalue weighted by molar-refractivity contribution is 5.63. The van der Waals surface area contributed by atoms with Gasteiger partial charge < -0.3 is 15.7 Å². The van der Waals surface area contributed by atoms with Crippen LogP contribution in [0, 0.1) is 16.7 Å². The van der Waals surface area contributed by atoms with Crippen LogP contribution in [0.2, 0.25) is 0 Å². The fourth-order valence-corrected chi connectivity index (χ4v) is 4.45. The lowest BCUT2D eigenvalue weighted by molar-refractivity contribution is 0.00926. The summed E-state index contributed by atoms with van der Waals surface area (Å²) in [4.78, 5) is 8.87. The van der Waals surface area contributed by atoms with Crippen molar-refractivity contribution in [1.29, 1.82) is 5.26 Å². The zero-order valence-electron chi connectivity index (χ0n) is 17.7. The summed E-state index contributed by atoms with van der Waals surface area (Å²) in [7, 11) is 0. The maximum absolute atomic E-state index is 10.2. The molecule has 2 aliphatic rings. The average Bonchev–Trinajstić information content (AvgIpc) is 3.13. The van der Waals surface area contributed by atoms with Gasteiger partial charge in [-0.25, -0.2) is 4.98 Å². The lowest BCUT2D eigenvalue weighted by atomic mass is 9.73. The maximum Gasteiger partial charge on any atom is 0.224 e. The Morgan fingerprint density at radius 2 is 2.10 bits per heavy atom. The largest absolute Gasteiger partial charge is 0.393 e. The van der Waals surface area contributed by atoms with Gasteiger partial charge in [0, 0.05) is 12.6 Å². The Hall–Kier alpha value is -2.91. The van der Waals surface area contributed by atoms with E-state index in [1.165, 1.54) is 16.7 Å². The number of hydrogen-bond donors (Lipinski definition) is 3. The molecule has 156 valence electrons. The van der Waals surface area contributed by atoms with Crippen LogP contribution >= 0.6 is 0 Å². The summed E-state index contributed by atoms with van der Waals surface area (Å²) < 4.78 is 0. The van der Waals surface area contributed by atoms with Crippen molar-refractivity contribution in [3.05, 3.63) is 52.7 Å². The van der Waals surface area contributed by atoms with Crippen molar-refractivity contribution in [3.8, 4) is 6.07 Å². The monoisotopic (exact) mass is 403 g/mol. The minimum Gasteiger partial charge on any atom is -0.393 e. The second-order valence-corrected chi connectivity index (χ2v) is 9.05. The van der Waals surface area contributed by atoms with E-state index >= 15 is 0 Å². The molecule has 0 amide bonds. The van der Waals surface area contributed by atoms with Crippen LogP contribution in [-0.4, -0.2) is 33.8 Å². The Bertz CT molecular complexity index is 991. The first-order chi connectivity index (χ1) is 14.4. The van der Waals surface area contributed by atoms with Crippen molar-refractivity contribution < 1.29 is 5.11 Å². The number of benzene rings is 1. The molecular formula is C24H29N5O. The highest BCUT2D eigenvalue weighted by Gasteiger charge is 2.35. The molecule has 1 aromatic heterocycles. The molecule has 6 heteroatoms. The lowest BCUT2D eigenvalue weighted by Crippen LogP contribution is -2.41. The maximum atomic E-state index is 10.2. The fraction of sp³-hybridized carbons (Fsp3) is 0.458. The molecule has 0 radical (unpaired) electrons. The number of nitriles is 1. The lowest BCUT2D eigenvalue weighted by Gasteiger charge is -2.40. The number of hydrogen-bond acceptors (Lipinski definition) is 6. The SMILES string of the molecule is CC1(C)C[C@H](Nc2nc(NCCC3=Cc4ccccc4C3)ncc2C#N)CC[C@@H]1O. The van der Waals surface area contributed by atoms with Crippen molar-refractivity contribution in [2.24, 2.45) is 5.41 Å². The van der Waals surface area contributed by atoms with Gasteiger partial charge >= 0.3 is 0 Å². The van der Waals surface area contributed by atoms with E-state index in [4.69, 9.17) is 0 Å². The molecule has 0 saturated heterocycles. The summed E-state index contributed by atoms with van der Waals surface area (Å²) >= 11 is 0. The van der Waals surface area contributed by atoms with Crippen molar-refractivity contribution in [2.75, 3.05) is 17.2 Å². The first-order valence-corrected chi connectivity index (χ1v) is 10.7. The smallest absolute Gasteiger partial charge is 0.224 e. The first kappa shape index (κ1) is 20.4. The molecule has 1 fully saturated rings. The summed E-state index contributed by atoms with van der Waals surface area (Å²) in [5.41, 5.74) is 4.39. The van der Waals surface area contributed by atoms with Crippen molar-refractivity contribution in [1.82, 2.24) is 9.97 Å². The molecule has 1 heterocycles. The minimum atomic E-state index is -0.287. The van der Waals surface area contributed by atoms with E-state index in [2.05, 4.69) is 70.9 Å². The Labute approximate surface area is 178 Å². The summed E-state index contributed by atoms with van der Waals surface area (Å²) in [6.07, 6.45) is 7.92. The summed E-state index contributed by atoms with van der Waals surface area (Å²) in [5, 5.41) is 26.4. The van der Waals surface area contributed by atoms with Crippen LogP contribution in [0.4, 0.5) is 11.8 Å². The molecule has 3 N–H and O–H groups in total. The Balaban J connectivity index is 1.37. The zero-order valence-corrected chi connectivity index (χ0v) is 17.7. The van der Waals surface area contributed by atoms with Gasteiger partial charge in [0.15, 0.2) is 0 Å². The Morgan fingerprint density at radius 3 is 2.87 bits per heavy atom. The quantitative estimate of drug-likeness (QED) is 0.671. The number of aliphatic hydroxyl groups is 1. The molecule has 2 aliphatic carbocycles. The number of aromatic nitrogens is 2. The molecule has 0 unspecified atom stereocenters. The van der Waals surface area contributed by atoms with E-state index in [-0.39, 0.29) is 17.6 Å². The second kappa shape index (κ2) is 8.45. The van der Waals surface area contributed by atoms with Crippen molar-refractivity contribution >= 4 is 17.8 Å². The van der Waals surface area contributed by atoms with Gasteiger partial charge in [0.2, 0.25) is 5.95 Å². The van der Waals surface area contributed by atoms with Gasteiger partial charge in [-0.15, -0.1) is 0 Å². The van der Waals surface area contributed by atoms with E-state index < -0.39 is 0 Å². The Kier molecular flexibility index (Phi) is 5.74. The molecular weight excluding hydrogens is 374 g/mol. The van der Waals surface area contributed by atoms with Crippen LogP contribution in [0.5, 0.6) is 0 Å². The van der Waals surface area contributed by atoms with E-state index in [9.17, 15) is 10.4 Å². The van der Waals surface area contributed by atoms with E-state index in [0.717, 1.165) is 38.6 Å². The third kappa shape index (κ3) is 4.47. The van der Waals surface area contributed by atoms with Crippen LogP contribution in [0.25, 0.3) is 6.08 Å². The minimum absolute atomic E-state index is 0.149. The number of fused-ring (bicyclic) bond motifs is 1. The van der Waals surface area contributed by atoms with Crippen LogP contribution in [0.1, 0.15) is 56.2 Å². The van der Waals surface area contributed by atoms with Crippen LogP contribution in [0.15, 0.2) is 36.0 Å². The van der Waals surface area contributed by atoms with Gasteiger partial charge in [-0.1, -0.05) is 49.8 Å². The third-order valence-corrected chi connectivity index (χ3v) is 6.27. The Morgan fingerprint density at radius 1 is 1.27 bits per heavy atom. The normalized spacial score (nSPS) is 22.0. The highest BCUT2D eigenvalue weighted by atomic mass is 16.3. The average molecular weight is 404 g/mol. The predicted molar refractivity (Wildman–Crippen MR) is 119 cm³/mol. The molecule has 6 nitrogen and oxygen atoms in total. The first-order valence-electron chi connectivity index (χ1n) is 10.7. The topological polar surface area (TPSA) is 93.9 Å². The van der Waals surface area contributed by atoms with Gasteiger partial charge in [0.05, 0.1) is 12.3 Å². The van der Waals surface area contributed by atoms with Crippen LogP contribution in [0.3, 0.4) is 0 Å². The van der Waals surface area contributed by atoms with Gasteiger partial charge in [0.1, 0.15) is 17.5 Å². The predicted octanol–water partition coefficient (Wildman–Crippen LogP) is 4.14. The summed E-state index contributed by atoms with van der Waals surface area (Å²) in [5.74, 6) is 1.10. The number of nitrogens with one attached hydrogen (secondary N) is 2. The molecule has 4 rings (SSSR count). The van der Waals surface area contributed by atoms with Crippen LogP contribution < -0.4 is 10.6 Å². The van der Waals surface area contributed by atoms with Gasteiger partial charge in [-0.2, -0.15) is 10.2 Å². The summed E-state index contributed by atoms with van der Waals surface area (Å²) in [6, 6.07) is 10.9. The van der Waals surface area contributed by atoms with E-state index in [0.29, 0.717) is 17.3 Å². The van der Waals surface area contributed by atoms with Crippen LogP contribution in [-0.2, 0) is 6.42 Å². The zero-order chi connectivity index (χ0) is 21.1. The third-order valence-electron chi connectivity index (χ3n) is 6.27. The molecule has 0 bridgehead atoms. The summed E-state index contributed by atoms with van der Waals surface area (Å²) in [6.45, 7) is 4.91. The molecule has 0 spiro atoms. The molecule has 2 aromatic rings. The molecule has 1 saturated carbocycles. The van der Waals surface area contributed by atoms with E-state index in [1.54, 1.807) is 6.20 Å². The van der Waals surface area contributed by atoms with Gasteiger partial charge in [-0.05, 0) is 48.6 Å². The van der Waals surface area contributed by atoms with E-state index in [1.807, 2.05) is 0 Å². The molecule has 0 aliphatic heterocycles. The molecule has 1 aromatic carbocycles. The number of rotatable bonds is 6. The number of anilines is 2.